The first-order valence-corrected chi connectivity index (χ1v) is 10.7. The van der Waals surface area contributed by atoms with E-state index in [-0.39, 0.29) is 5.91 Å². The Bertz CT molecular complexity index is 1230. The highest BCUT2D eigenvalue weighted by atomic mass is 35.5. The maximum Gasteiger partial charge on any atom is 0.247 e. The van der Waals surface area contributed by atoms with Crippen molar-refractivity contribution in [3.05, 3.63) is 71.9 Å². The van der Waals surface area contributed by atoms with Crippen molar-refractivity contribution in [1.29, 1.82) is 5.26 Å². The van der Waals surface area contributed by atoms with Crippen LogP contribution in [0.1, 0.15) is 5.56 Å². The van der Waals surface area contributed by atoms with E-state index >= 15 is 0 Å². The zero-order chi connectivity index (χ0) is 23.2. The molecule has 33 heavy (non-hydrogen) atoms. The Balaban J connectivity index is 1.63. The molecule has 1 aliphatic heterocycles. The number of benzene rings is 2. The number of nitrogens with zero attached hydrogens (tertiary/aromatic N) is 4. The SMILES string of the molecule is C=CC(=O)Nc1cccc(-c2nc(Nc3ccc(Cl)c(N4CCOCC4)c3)ncc2C#N)c1. The Kier molecular flexibility index (Phi) is 6.83. The fourth-order valence-corrected chi connectivity index (χ4v) is 3.68. The molecule has 1 amide bonds. The molecule has 8 nitrogen and oxygen atoms in total. The van der Waals surface area contributed by atoms with Crippen LogP contribution in [-0.4, -0.2) is 42.2 Å². The first kappa shape index (κ1) is 22.3. The number of carbonyl (C=O) groups is 1. The lowest BCUT2D eigenvalue weighted by atomic mass is 10.1. The number of ether oxygens (including phenoxy) is 1. The fraction of sp³-hybridized carbons (Fsp3) is 0.167. The van der Waals surface area contributed by atoms with Crippen LogP contribution in [0.3, 0.4) is 0 Å². The number of halogens is 1. The zero-order valence-corrected chi connectivity index (χ0v) is 18.5. The maximum atomic E-state index is 11.6. The topological polar surface area (TPSA) is 103 Å². The molecule has 2 N–H and O–H groups in total. The van der Waals surface area contributed by atoms with Crippen molar-refractivity contribution >= 4 is 40.5 Å². The number of nitrogens with one attached hydrogen (secondary N) is 2. The van der Waals surface area contributed by atoms with Gasteiger partial charge in [0.15, 0.2) is 0 Å². The van der Waals surface area contributed by atoms with Gasteiger partial charge in [-0.05, 0) is 36.4 Å². The van der Waals surface area contributed by atoms with E-state index in [1.807, 2.05) is 24.3 Å². The van der Waals surface area contributed by atoms with Crippen molar-refractivity contribution in [2.24, 2.45) is 0 Å². The molecular weight excluding hydrogens is 440 g/mol. The molecule has 1 aliphatic rings. The Morgan fingerprint density at radius 3 is 2.79 bits per heavy atom. The largest absolute Gasteiger partial charge is 0.378 e. The monoisotopic (exact) mass is 460 g/mol. The summed E-state index contributed by atoms with van der Waals surface area (Å²) in [5.74, 6) is 0.0105. The summed E-state index contributed by atoms with van der Waals surface area (Å²) in [5.41, 5.74) is 3.68. The minimum atomic E-state index is -0.323. The molecule has 2 heterocycles. The van der Waals surface area contributed by atoms with E-state index in [1.54, 1.807) is 18.2 Å². The summed E-state index contributed by atoms with van der Waals surface area (Å²) in [6.07, 6.45) is 2.66. The smallest absolute Gasteiger partial charge is 0.247 e. The summed E-state index contributed by atoms with van der Waals surface area (Å²) in [5, 5.41) is 16.1. The van der Waals surface area contributed by atoms with Gasteiger partial charge in [-0.2, -0.15) is 5.26 Å². The number of nitriles is 1. The third kappa shape index (κ3) is 5.29. The first-order valence-electron chi connectivity index (χ1n) is 10.3. The van der Waals surface area contributed by atoms with Gasteiger partial charge in [-0.3, -0.25) is 4.79 Å². The molecular formula is C24H21ClN6O2. The van der Waals surface area contributed by atoms with Crippen LogP contribution in [0.4, 0.5) is 23.0 Å². The minimum absolute atomic E-state index is 0.317. The summed E-state index contributed by atoms with van der Waals surface area (Å²) in [6.45, 7) is 6.29. The Hall–Kier alpha value is -3.93. The van der Waals surface area contributed by atoms with Gasteiger partial charge < -0.3 is 20.3 Å². The number of hydrogen-bond acceptors (Lipinski definition) is 7. The van der Waals surface area contributed by atoms with E-state index in [4.69, 9.17) is 16.3 Å². The van der Waals surface area contributed by atoms with Gasteiger partial charge in [0, 0.05) is 30.0 Å². The Morgan fingerprint density at radius 2 is 2.03 bits per heavy atom. The van der Waals surface area contributed by atoms with E-state index in [0.29, 0.717) is 46.7 Å². The van der Waals surface area contributed by atoms with Crippen LogP contribution in [0.2, 0.25) is 5.02 Å². The quantitative estimate of drug-likeness (QED) is 0.526. The van der Waals surface area contributed by atoms with E-state index in [1.165, 1.54) is 12.3 Å². The molecule has 0 aliphatic carbocycles. The van der Waals surface area contributed by atoms with Gasteiger partial charge in [-0.25, -0.2) is 9.97 Å². The van der Waals surface area contributed by atoms with Crippen LogP contribution in [0.5, 0.6) is 0 Å². The standard InChI is InChI=1S/C24H21ClN6O2/c1-2-22(32)28-18-5-3-4-16(12-18)23-17(14-26)15-27-24(30-23)29-19-6-7-20(25)21(13-19)31-8-10-33-11-9-31/h2-7,12-13,15H,1,8-11H2,(H,28,32)(H,27,29,30). The van der Waals surface area contributed by atoms with Crippen molar-refractivity contribution in [3.63, 3.8) is 0 Å². The van der Waals surface area contributed by atoms with Crippen LogP contribution >= 0.6 is 11.6 Å². The van der Waals surface area contributed by atoms with Crippen LogP contribution in [0, 0.1) is 11.3 Å². The summed E-state index contributed by atoms with van der Waals surface area (Å²) in [7, 11) is 0. The van der Waals surface area contributed by atoms with Gasteiger partial charge in [0.1, 0.15) is 6.07 Å². The fourth-order valence-electron chi connectivity index (χ4n) is 3.45. The second-order valence-corrected chi connectivity index (χ2v) is 7.64. The van der Waals surface area contributed by atoms with Crippen LogP contribution in [-0.2, 0) is 9.53 Å². The van der Waals surface area contributed by atoms with Gasteiger partial charge in [0.05, 0.1) is 41.4 Å². The number of amides is 1. The molecule has 1 aromatic heterocycles. The van der Waals surface area contributed by atoms with E-state index < -0.39 is 0 Å². The number of hydrogen-bond donors (Lipinski definition) is 2. The van der Waals surface area contributed by atoms with Gasteiger partial charge in [-0.15, -0.1) is 0 Å². The van der Waals surface area contributed by atoms with Crippen LogP contribution in [0.15, 0.2) is 61.3 Å². The number of carbonyl (C=O) groups excluding carboxylic acids is 1. The first-order chi connectivity index (χ1) is 16.1. The molecule has 3 aromatic rings. The Morgan fingerprint density at radius 1 is 1.21 bits per heavy atom. The van der Waals surface area contributed by atoms with E-state index in [0.717, 1.165) is 24.5 Å². The summed E-state index contributed by atoms with van der Waals surface area (Å²) in [6, 6.07) is 14.8. The molecule has 0 bridgehead atoms. The highest BCUT2D eigenvalue weighted by molar-refractivity contribution is 6.33. The minimum Gasteiger partial charge on any atom is -0.378 e. The average molecular weight is 461 g/mol. The summed E-state index contributed by atoms with van der Waals surface area (Å²) >= 11 is 6.43. The molecule has 0 atom stereocenters. The van der Waals surface area contributed by atoms with E-state index in [2.05, 4.69) is 38.1 Å². The van der Waals surface area contributed by atoms with Crippen LogP contribution < -0.4 is 15.5 Å². The van der Waals surface area contributed by atoms with E-state index in [9.17, 15) is 10.1 Å². The molecule has 1 fully saturated rings. The maximum absolute atomic E-state index is 11.6. The van der Waals surface area contributed by atoms with Gasteiger partial charge in [-0.1, -0.05) is 30.3 Å². The molecule has 0 unspecified atom stereocenters. The molecule has 1 saturated heterocycles. The number of anilines is 4. The number of morpholine rings is 1. The lowest BCUT2D eigenvalue weighted by Crippen LogP contribution is -2.36. The highest BCUT2D eigenvalue weighted by Gasteiger charge is 2.16. The average Bonchev–Trinajstić information content (AvgIpc) is 2.85. The van der Waals surface area contributed by atoms with Gasteiger partial charge in [0.2, 0.25) is 11.9 Å². The lowest BCUT2D eigenvalue weighted by Gasteiger charge is -2.29. The van der Waals surface area contributed by atoms with Crippen molar-refractivity contribution in [2.45, 2.75) is 0 Å². The molecule has 0 spiro atoms. The van der Waals surface area contributed by atoms with Crippen molar-refractivity contribution in [2.75, 3.05) is 41.8 Å². The van der Waals surface area contributed by atoms with Gasteiger partial charge >= 0.3 is 0 Å². The predicted molar refractivity (Wildman–Crippen MR) is 129 cm³/mol. The highest BCUT2D eigenvalue weighted by Crippen LogP contribution is 2.31. The molecule has 166 valence electrons. The lowest BCUT2D eigenvalue weighted by molar-refractivity contribution is -0.111. The van der Waals surface area contributed by atoms with Crippen molar-refractivity contribution in [3.8, 4) is 17.3 Å². The van der Waals surface area contributed by atoms with Crippen molar-refractivity contribution in [1.82, 2.24) is 9.97 Å². The molecule has 0 saturated carbocycles. The zero-order valence-electron chi connectivity index (χ0n) is 17.7. The van der Waals surface area contributed by atoms with Crippen LogP contribution in [0.25, 0.3) is 11.3 Å². The second-order valence-electron chi connectivity index (χ2n) is 7.23. The van der Waals surface area contributed by atoms with Crippen molar-refractivity contribution < 1.29 is 9.53 Å². The third-order valence-electron chi connectivity index (χ3n) is 5.05. The summed E-state index contributed by atoms with van der Waals surface area (Å²) < 4.78 is 5.43. The van der Waals surface area contributed by atoms with Gasteiger partial charge in [0.25, 0.3) is 0 Å². The number of aromatic nitrogens is 2. The molecule has 9 heteroatoms. The molecule has 0 radical (unpaired) electrons. The summed E-state index contributed by atoms with van der Waals surface area (Å²) in [4.78, 5) is 22.7. The number of rotatable bonds is 6. The Labute approximate surface area is 196 Å². The predicted octanol–water partition coefficient (Wildman–Crippen LogP) is 4.37. The molecule has 2 aromatic carbocycles. The molecule has 4 rings (SSSR count). The third-order valence-corrected chi connectivity index (χ3v) is 5.37. The normalized spacial score (nSPS) is 13.2. The second kappa shape index (κ2) is 10.1.